The first-order valence-corrected chi connectivity index (χ1v) is 7.24. The van der Waals surface area contributed by atoms with Gasteiger partial charge in [0.2, 0.25) is 5.88 Å². The zero-order chi connectivity index (χ0) is 14.1. The average Bonchev–Trinajstić information content (AvgIpc) is 2.76. The molecule has 3 rings (SSSR count). The second kappa shape index (κ2) is 5.38. The molecular weight excluding hydrogens is 338 g/mol. The fourth-order valence-corrected chi connectivity index (χ4v) is 2.71. The van der Waals surface area contributed by atoms with Gasteiger partial charge in [0.05, 0.1) is 24.7 Å². The molecule has 0 spiro atoms. The molecule has 0 radical (unpaired) electrons. The average molecular weight is 350 g/mol. The van der Waals surface area contributed by atoms with Crippen molar-refractivity contribution in [2.45, 2.75) is 6.54 Å². The van der Waals surface area contributed by atoms with E-state index in [1.807, 2.05) is 24.3 Å². The van der Waals surface area contributed by atoms with Gasteiger partial charge in [-0.1, -0.05) is 22.0 Å². The molecule has 0 aliphatic heterocycles. The van der Waals surface area contributed by atoms with E-state index in [9.17, 15) is 0 Å². The van der Waals surface area contributed by atoms with Crippen LogP contribution in [0.5, 0.6) is 5.88 Å². The third-order valence-electron chi connectivity index (χ3n) is 3.08. The summed E-state index contributed by atoms with van der Waals surface area (Å²) in [6.45, 7) is 0.673. The lowest BCUT2D eigenvalue weighted by Crippen LogP contribution is -2.00. The first-order valence-electron chi connectivity index (χ1n) is 6.04. The van der Waals surface area contributed by atoms with Crippen LogP contribution in [-0.2, 0) is 6.54 Å². The van der Waals surface area contributed by atoms with E-state index >= 15 is 0 Å². The molecule has 3 aromatic rings. The molecule has 0 aliphatic carbocycles. The number of nitrogens with one attached hydrogen (secondary N) is 1. The number of imidazole rings is 1. The number of benzene rings is 1. The standard InChI is InChI=1S/C14H12BrN3OS/c1-19-13-5-2-9(7-16-13)8-18-12-6-10(15)3-4-11(12)17-14(18)20/h2-7H,8H2,1H3,(H,17,20). The molecule has 0 unspecified atom stereocenters. The molecule has 0 saturated carbocycles. The molecule has 0 bridgehead atoms. The number of methoxy groups -OCH3 is 1. The van der Waals surface area contributed by atoms with E-state index < -0.39 is 0 Å². The fraction of sp³-hybridized carbons (Fsp3) is 0.143. The normalized spacial score (nSPS) is 10.9. The molecule has 1 aromatic carbocycles. The van der Waals surface area contributed by atoms with Crippen LogP contribution in [0.25, 0.3) is 11.0 Å². The Bertz CT molecular complexity index is 807. The maximum Gasteiger partial charge on any atom is 0.212 e. The molecule has 6 heteroatoms. The number of aromatic nitrogens is 3. The molecule has 2 aromatic heterocycles. The Morgan fingerprint density at radius 2 is 2.20 bits per heavy atom. The molecule has 0 atom stereocenters. The second-order valence-electron chi connectivity index (χ2n) is 4.39. The molecule has 0 fully saturated rings. The number of hydrogen-bond donors (Lipinski definition) is 1. The van der Waals surface area contributed by atoms with Crippen LogP contribution in [0.15, 0.2) is 41.0 Å². The largest absolute Gasteiger partial charge is 0.481 e. The number of rotatable bonds is 3. The summed E-state index contributed by atoms with van der Waals surface area (Å²) in [6.07, 6.45) is 1.80. The van der Waals surface area contributed by atoms with Crippen LogP contribution < -0.4 is 4.74 Å². The second-order valence-corrected chi connectivity index (χ2v) is 5.69. The maximum atomic E-state index is 5.39. The smallest absolute Gasteiger partial charge is 0.212 e. The summed E-state index contributed by atoms with van der Waals surface area (Å²) >= 11 is 8.88. The van der Waals surface area contributed by atoms with Gasteiger partial charge in [0.1, 0.15) is 0 Å². The quantitative estimate of drug-likeness (QED) is 0.729. The third-order valence-corrected chi connectivity index (χ3v) is 3.90. The van der Waals surface area contributed by atoms with Crippen molar-refractivity contribution in [1.29, 1.82) is 0 Å². The van der Waals surface area contributed by atoms with Gasteiger partial charge in [0.15, 0.2) is 4.77 Å². The number of H-pyrrole nitrogens is 1. The van der Waals surface area contributed by atoms with Gasteiger partial charge in [-0.15, -0.1) is 0 Å². The van der Waals surface area contributed by atoms with E-state index in [2.05, 4.69) is 36.5 Å². The molecule has 1 N–H and O–H groups in total. The van der Waals surface area contributed by atoms with Gasteiger partial charge in [-0.05, 0) is 36.0 Å². The summed E-state index contributed by atoms with van der Waals surface area (Å²) < 4.78 is 8.85. The van der Waals surface area contributed by atoms with E-state index in [1.54, 1.807) is 13.3 Å². The van der Waals surface area contributed by atoms with Gasteiger partial charge in [-0.2, -0.15) is 0 Å². The monoisotopic (exact) mass is 349 g/mol. The SMILES string of the molecule is COc1ccc(Cn2c(=S)[nH]c3ccc(Br)cc32)cn1. The van der Waals surface area contributed by atoms with Crippen molar-refractivity contribution in [2.24, 2.45) is 0 Å². The number of halogens is 1. The van der Waals surface area contributed by atoms with Crippen LogP contribution >= 0.6 is 28.1 Å². The van der Waals surface area contributed by atoms with E-state index in [0.29, 0.717) is 17.2 Å². The maximum absolute atomic E-state index is 5.39. The van der Waals surface area contributed by atoms with Crippen molar-refractivity contribution in [3.63, 3.8) is 0 Å². The van der Waals surface area contributed by atoms with Crippen LogP contribution in [0.1, 0.15) is 5.56 Å². The van der Waals surface area contributed by atoms with E-state index in [-0.39, 0.29) is 0 Å². The topological polar surface area (TPSA) is 42.8 Å². The number of aromatic amines is 1. The molecule has 4 nitrogen and oxygen atoms in total. The highest BCUT2D eigenvalue weighted by atomic mass is 79.9. The Morgan fingerprint density at radius 1 is 1.35 bits per heavy atom. The fourth-order valence-electron chi connectivity index (χ4n) is 2.09. The lowest BCUT2D eigenvalue weighted by molar-refractivity contribution is 0.397. The minimum Gasteiger partial charge on any atom is -0.481 e. The first kappa shape index (κ1) is 13.3. The number of ether oxygens (including phenoxy) is 1. The van der Waals surface area contributed by atoms with Gasteiger partial charge < -0.3 is 14.3 Å². The van der Waals surface area contributed by atoms with Gasteiger partial charge in [0, 0.05) is 16.7 Å². The minimum absolute atomic E-state index is 0.610. The van der Waals surface area contributed by atoms with Gasteiger partial charge in [-0.3, -0.25) is 0 Å². The summed E-state index contributed by atoms with van der Waals surface area (Å²) in [5.41, 5.74) is 3.17. The Labute approximate surface area is 129 Å². The predicted octanol–water partition coefficient (Wildman–Crippen LogP) is 3.91. The van der Waals surface area contributed by atoms with Crippen LogP contribution in [0.4, 0.5) is 0 Å². The summed E-state index contributed by atoms with van der Waals surface area (Å²) in [7, 11) is 1.61. The Hall–Kier alpha value is -1.66. The zero-order valence-corrected chi connectivity index (χ0v) is 13.2. The Morgan fingerprint density at radius 3 is 2.90 bits per heavy atom. The van der Waals surface area contributed by atoms with Gasteiger partial charge in [-0.25, -0.2) is 4.98 Å². The molecule has 20 heavy (non-hydrogen) atoms. The number of pyridine rings is 1. The van der Waals surface area contributed by atoms with Crippen molar-refractivity contribution in [3.05, 3.63) is 51.3 Å². The predicted molar refractivity (Wildman–Crippen MR) is 84.7 cm³/mol. The van der Waals surface area contributed by atoms with Crippen molar-refractivity contribution in [1.82, 2.24) is 14.5 Å². The molecule has 0 saturated heterocycles. The molecule has 0 aliphatic rings. The van der Waals surface area contributed by atoms with Crippen LogP contribution in [0.2, 0.25) is 0 Å². The number of nitrogens with zero attached hydrogens (tertiary/aromatic N) is 2. The molecule has 102 valence electrons. The molecule has 0 amide bonds. The van der Waals surface area contributed by atoms with Crippen molar-refractivity contribution in [2.75, 3.05) is 7.11 Å². The van der Waals surface area contributed by atoms with Crippen LogP contribution in [-0.4, -0.2) is 21.6 Å². The third kappa shape index (κ3) is 2.48. The highest BCUT2D eigenvalue weighted by molar-refractivity contribution is 9.10. The molecular formula is C14H12BrN3OS. The molecule has 2 heterocycles. The lowest BCUT2D eigenvalue weighted by Gasteiger charge is -2.05. The first-order chi connectivity index (χ1) is 9.67. The lowest BCUT2D eigenvalue weighted by atomic mass is 10.2. The van der Waals surface area contributed by atoms with Crippen molar-refractivity contribution >= 4 is 39.2 Å². The summed E-state index contributed by atoms with van der Waals surface area (Å²) in [5, 5.41) is 0. The highest BCUT2D eigenvalue weighted by Crippen LogP contribution is 2.21. The Balaban J connectivity index is 2.03. The highest BCUT2D eigenvalue weighted by Gasteiger charge is 2.06. The summed E-state index contributed by atoms with van der Waals surface area (Å²) in [4.78, 5) is 7.42. The van der Waals surface area contributed by atoms with Crippen molar-refractivity contribution in [3.8, 4) is 5.88 Å². The summed E-state index contributed by atoms with van der Waals surface area (Å²) in [5.74, 6) is 0.610. The van der Waals surface area contributed by atoms with Gasteiger partial charge in [0.25, 0.3) is 0 Å². The Kier molecular flexibility index (Phi) is 3.58. The van der Waals surface area contributed by atoms with Gasteiger partial charge >= 0.3 is 0 Å². The summed E-state index contributed by atoms with van der Waals surface area (Å²) in [6, 6.07) is 9.90. The van der Waals surface area contributed by atoms with E-state index in [1.165, 1.54) is 0 Å². The van der Waals surface area contributed by atoms with E-state index in [4.69, 9.17) is 17.0 Å². The van der Waals surface area contributed by atoms with Crippen LogP contribution in [0, 0.1) is 4.77 Å². The number of fused-ring (bicyclic) bond motifs is 1. The zero-order valence-electron chi connectivity index (χ0n) is 10.8. The number of hydrogen-bond acceptors (Lipinski definition) is 3. The minimum atomic E-state index is 0.610. The van der Waals surface area contributed by atoms with E-state index in [0.717, 1.165) is 21.1 Å². The van der Waals surface area contributed by atoms with Crippen LogP contribution in [0.3, 0.4) is 0 Å². The van der Waals surface area contributed by atoms with Crippen molar-refractivity contribution < 1.29 is 4.74 Å².